The van der Waals surface area contributed by atoms with Gasteiger partial charge in [0.1, 0.15) is 17.1 Å². The van der Waals surface area contributed by atoms with E-state index in [0.717, 1.165) is 18.4 Å². The van der Waals surface area contributed by atoms with E-state index in [1.54, 1.807) is 6.92 Å². The number of hydrogen-bond donors (Lipinski definition) is 1. The summed E-state index contributed by atoms with van der Waals surface area (Å²) >= 11 is 0. The molecule has 2 fully saturated rings. The minimum atomic E-state index is -1.09. The zero-order valence-electron chi connectivity index (χ0n) is 17.2. The second kappa shape index (κ2) is 7.74. The van der Waals surface area contributed by atoms with Crippen molar-refractivity contribution in [2.24, 2.45) is 0 Å². The van der Waals surface area contributed by atoms with Gasteiger partial charge in [-0.1, -0.05) is 30.3 Å². The molecule has 2 unspecified atom stereocenters. The molecule has 6 heteroatoms. The summed E-state index contributed by atoms with van der Waals surface area (Å²) in [4.78, 5) is 27.3. The number of ether oxygens (including phenoxy) is 2. The lowest BCUT2D eigenvalue weighted by molar-refractivity contribution is -0.160. The van der Waals surface area contributed by atoms with Gasteiger partial charge in [-0.15, -0.1) is 0 Å². The number of rotatable bonds is 4. The maximum Gasteiger partial charge on any atom is 0.410 e. The quantitative estimate of drug-likeness (QED) is 0.799. The van der Waals surface area contributed by atoms with Crippen molar-refractivity contribution in [3.05, 3.63) is 35.9 Å². The number of hydrogen-bond acceptors (Lipinski definition) is 5. The Balaban J connectivity index is 1.66. The third-order valence-corrected chi connectivity index (χ3v) is 5.75. The molecule has 0 aliphatic carbocycles. The summed E-state index contributed by atoms with van der Waals surface area (Å²) in [6, 6.07) is 9.27. The molecule has 0 saturated carbocycles. The SMILES string of the molecule is CC(C)(C)OC(=O)N1[C@@H]2CC[C@H]1CC(OC(=O)C(C)(CO)c1ccccc1)C2. The molecule has 28 heavy (non-hydrogen) atoms. The standard InChI is InChI=1S/C22H31NO5/c1-21(2,3)28-20(26)23-16-10-11-17(23)13-18(12-16)27-19(25)22(4,14-24)15-8-6-5-7-9-15/h5-9,16-18,24H,10-14H2,1-4H3/t16-,17+,18?,22?. The van der Waals surface area contributed by atoms with Gasteiger partial charge in [-0.05, 0) is 46.1 Å². The first-order chi connectivity index (χ1) is 13.1. The number of amides is 1. The third-order valence-electron chi connectivity index (χ3n) is 5.75. The Morgan fingerprint density at radius 1 is 1.07 bits per heavy atom. The van der Waals surface area contributed by atoms with Crippen LogP contribution >= 0.6 is 0 Å². The summed E-state index contributed by atoms with van der Waals surface area (Å²) in [5.74, 6) is -0.420. The van der Waals surface area contributed by atoms with Crippen molar-refractivity contribution in [3.63, 3.8) is 0 Å². The number of esters is 1. The van der Waals surface area contributed by atoms with E-state index in [0.29, 0.717) is 12.8 Å². The number of piperidine rings is 1. The fraction of sp³-hybridized carbons (Fsp3) is 0.636. The summed E-state index contributed by atoms with van der Waals surface area (Å²) in [6.07, 6.45) is 2.48. The van der Waals surface area contributed by atoms with Crippen molar-refractivity contribution in [1.29, 1.82) is 0 Å². The van der Waals surface area contributed by atoms with Crippen molar-refractivity contribution in [3.8, 4) is 0 Å². The van der Waals surface area contributed by atoms with Crippen LogP contribution < -0.4 is 0 Å². The van der Waals surface area contributed by atoms with Crippen molar-refractivity contribution >= 4 is 12.1 Å². The van der Waals surface area contributed by atoms with Gasteiger partial charge in [0.05, 0.1) is 6.61 Å². The topological polar surface area (TPSA) is 76.1 Å². The summed E-state index contributed by atoms with van der Waals surface area (Å²) in [6.45, 7) is 6.97. The predicted molar refractivity (Wildman–Crippen MR) is 105 cm³/mol. The Morgan fingerprint density at radius 2 is 1.64 bits per heavy atom. The zero-order chi connectivity index (χ0) is 20.5. The van der Waals surface area contributed by atoms with E-state index >= 15 is 0 Å². The summed E-state index contributed by atoms with van der Waals surface area (Å²) in [7, 11) is 0. The van der Waals surface area contributed by atoms with Gasteiger partial charge in [0, 0.05) is 24.9 Å². The van der Waals surface area contributed by atoms with Crippen molar-refractivity contribution < 1.29 is 24.2 Å². The van der Waals surface area contributed by atoms with E-state index in [-0.39, 0.29) is 30.9 Å². The van der Waals surface area contributed by atoms with E-state index in [1.807, 2.05) is 56.0 Å². The number of nitrogens with zero attached hydrogens (tertiary/aromatic N) is 1. The molecule has 0 aromatic heterocycles. The largest absolute Gasteiger partial charge is 0.461 e. The van der Waals surface area contributed by atoms with Gasteiger partial charge in [-0.3, -0.25) is 4.79 Å². The van der Waals surface area contributed by atoms with Gasteiger partial charge >= 0.3 is 12.1 Å². The highest BCUT2D eigenvalue weighted by atomic mass is 16.6. The maximum absolute atomic E-state index is 12.9. The Labute approximate surface area is 166 Å². The monoisotopic (exact) mass is 389 g/mol. The van der Waals surface area contributed by atoms with E-state index < -0.39 is 17.0 Å². The molecular formula is C22H31NO5. The molecular weight excluding hydrogens is 358 g/mol. The molecule has 1 aromatic carbocycles. The average molecular weight is 389 g/mol. The number of benzene rings is 1. The van der Waals surface area contributed by atoms with Crippen LogP contribution in [-0.4, -0.2) is 52.5 Å². The molecule has 1 N–H and O–H groups in total. The summed E-state index contributed by atoms with van der Waals surface area (Å²) < 4.78 is 11.4. The maximum atomic E-state index is 12.9. The fourth-order valence-corrected chi connectivity index (χ4v) is 4.20. The van der Waals surface area contributed by atoms with Crippen LogP contribution in [-0.2, 0) is 19.7 Å². The van der Waals surface area contributed by atoms with E-state index in [2.05, 4.69) is 0 Å². The number of aliphatic hydroxyl groups excluding tert-OH is 1. The van der Waals surface area contributed by atoms with Gasteiger partial charge < -0.3 is 19.5 Å². The second-order valence-corrected chi connectivity index (χ2v) is 9.13. The molecule has 1 aromatic rings. The highest BCUT2D eigenvalue weighted by Crippen LogP contribution is 2.39. The predicted octanol–water partition coefficient (Wildman–Crippen LogP) is 3.41. The van der Waals surface area contributed by atoms with E-state index in [4.69, 9.17) is 9.47 Å². The first kappa shape index (κ1) is 20.6. The molecule has 2 saturated heterocycles. The summed E-state index contributed by atoms with van der Waals surface area (Å²) in [5, 5.41) is 9.91. The lowest BCUT2D eigenvalue weighted by Crippen LogP contribution is -2.51. The highest BCUT2D eigenvalue weighted by molar-refractivity contribution is 5.83. The third kappa shape index (κ3) is 4.17. The number of aliphatic hydroxyl groups is 1. The Morgan fingerprint density at radius 3 is 2.14 bits per heavy atom. The van der Waals surface area contributed by atoms with Crippen molar-refractivity contribution in [2.75, 3.05) is 6.61 Å². The van der Waals surface area contributed by atoms with Gasteiger partial charge in [-0.25, -0.2) is 4.79 Å². The van der Waals surface area contributed by atoms with Crippen molar-refractivity contribution in [2.45, 2.75) is 82.6 Å². The van der Waals surface area contributed by atoms with E-state index in [9.17, 15) is 14.7 Å². The van der Waals surface area contributed by atoms with Crippen LogP contribution in [0.4, 0.5) is 4.79 Å². The molecule has 0 radical (unpaired) electrons. The van der Waals surface area contributed by atoms with Crippen LogP contribution in [0.5, 0.6) is 0 Å². The first-order valence-corrected chi connectivity index (χ1v) is 10.0. The van der Waals surface area contributed by atoms with Crippen LogP contribution in [0.2, 0.25) is 0 Å². The molecule has 3 rings (SSSR count). The number of fused-ring (bicyclic) bond motifs is 2. The van der Waals surface area contributed by atoms with E-state index in [1.165, 1.54) is 0 Å². The van der Waals surface area contributed by atoms with Crippen LogP contribution in [0.3, 0.4) is 0 Å². The Hall–Kier alpha value is -2.08. The first-order valence-electron chi connectivity index (χ1n) is 10.0. The normalized spacial score (nSPS) is 26.5. The minimum Gasteiger partial charge on any atom is -0.461 e. The lowest BCUT2D eigenvalue weighted by atomic mass is 9.83. The zero-order valence-corrected chi connectivity index (χ0v) is 17.2. The lowest BCUT2D eigenvalue weighted by Gasteiger charge is -2.40. The number of carbonyl (C=O) groups excluding carboxylic acids is 2. The Bertz CT molecular complexity index is 699. The van der Waals surface area contributed by atoms with Crippen LogP contribution in [0.1, 0.15) is 58.9 Å². The molecule has 2 aliphatic rings. The fourth-order valence-electron chi connectivity index (χ4n) is 4.20. The molecule has 0 spiro atoms. The molecule has 6 nitrogen and oxygen atoms in total. The van der Waals surface area contributed by atoms with Crippen molar-refractivity contribution in [1.82, 2.24) is 4.90 Å². The summed E-state index contributed by atoms with van der Waals surface area (Å²) in [5.41, 5.74) is -0.891. The molecule has 2 heterocycles. The molecule has 2 bridgehead atoms. The molecule has 1 amide bonds. The average Bonchev–Trinajstić information content (AvgIpc) is 2.91. The molecule has 154 valence electrons. The molecule has 4 atom stereocenters. The highest BCUT2D eigenvalue weighted by Gasteiger charge is 2.47. The Kier molecular flexibility index (Phi) is 5.71. The van der Waals surface area contributed by atoms with Gasteiger partial charge in [0.2, 0.25) is 0 Å². The van der Waals surface area contributed by atoms with Gasteiger partial charge in [0.15, 0.2) is 0 Å². The number of carbonyl (C=O) groups is 2. The molecule has 2 aliphatic heterocycles. The minimum absolute atomic E-state index is 0.0310. The van der Waals surface area contributed by atoms with Crippen LogP contribution in [0.25, 0.3) is 0 Å². The van der Waals surface area contributed by atoms with Crippen LogP contribution in [0, 0.1) is 0 Å². The smallest absolute Gasteiger partial charge is 0.410 e. The van der Waals surface area contributed by atoms with Gasteiger partial charge in [0.25, 0.3) is 0 Å². The second-order valence-electron chi connectivity index (χ2n) is 9.13. The van der Waals surface area contributed by atoms with Crippen LogP contribution in [0.15, 0.2) is 30.3 Å². The van der Waals surface area contributed by atoms with Gasteiger partial charge in [-0.2, -0.15) is 0 Å².